The van der Waals surface area contributed by atoms with Crippen LogP contribution in [0.4, 0.5) is 0 Å². The Labute approximate surface area is 130 Å². The predicted octanol–water partition coefficient (Wildman–Crippen LogP) is 0.554. The zero-order valence-corrected chi connectivity index (χ0v) is 13.7. The molecule has 116 valence electrons. The van der Waals surface area contributed by atoms with Crippen molar-refractivity contribution in [2.75, 3.05) is 33.3 Å². The summed E-state index contributed by atoms with van der Waals surface area (Å²) in [6, 6.07) is 5.13. The molecule has 1 aromatic carbocycles. The molecule has 2 N–H and O–H groups in total. The van der Waals surface area contributed by atoms with Gasteiger partial charge in [-0.1, -0.05) is 6.07 Å². The first kappa shape index (κ1) is 16.0. The molecule has 0 atom stereocenters. The summed E-state index contributed by atoms with van der Waals surface area (Å²) in [5.41, 5.74) is 6.44. The van der Waals surface area contributed by atoms with Gasteiger partial charge in [0.2, 0.25) is 10.0 Å². The number of sulfonamides is 1. The highest BCUT2D eigenvalue weighted by molar-refractivity contribution is 7.89. The van der Waals surface area contributed by atoms with Gasteiger partial charge in [0.25, 0.3) is 0 Å². The summed E-state index contributed by atoms with van der Waals surface area (Å²) in [6.45, 7) is 3.57. The number of hydrogen-bond donors (Lipinski definition) is 1. The molecule has 21 heavy (non-hydrogen) atoms. The summed E-state index contributed by atoms with van der Waals surface area (Å²) >= 11 is 4.91. The minimum Gasteiger partial charge on any atom is -0.495 e. The SMILES string of the molecule is COc1ccc(C)cc1S(=O)(=O)N1CCN(C(N)=S)CC1. The van der Waals surface area contributed by atoms with E-state index < -0.39 is 10.0 Å². The second kappa shape index (κ2) is 6.17. The molecule has 0 aliphatic carbocycles. The smallest absolute Gasteiger partial charge is 0.246 e. The first-order valence-electron chi connectivity index (χ1n) is 6.55. The van der Waals surface area contributed by atoms with Gasteiger partial charge in [-0.3, -0.25) is 0 Å². The molecule has 6 nitrogen and oxygen atoms in total. The molecule has 1 aromatic rings. The predicted molar refractivity (Wildman–Crippen MR) is 84.8 cm³/mol. The Morgan fingerprint density at radius 2 is 1.90 bits per heavy atom. The number of thiocarbonyl (C=S) groups is 1. The molecular weight excluding hydrogens is 310 g/mol. The zero-order valence-electron chi connectivity index (χ0n) is 12.1. The van der Waals surface area contributed by atoms with Gasteiger partial charge in [0, 0.05) is 26.2 Å². The third-order valence-corrected chi connectivity index (χ3v) is 5.67. The number of piperazine rings is 1. The van der Waals surface area contributed by atoms with Crippen LogP contribution in [0.5, 0.6) is 5.75 Å². The summed E-state index contributed by atoms with van der Waals surface area (Å²) < 4.78 is 32.1. The third kappa shape index (κ3) is 3.28. The van der Waals surface area contributed by atoms with Crippen molar-refractivity contribution in [1.82, 2.24) is 9.21 Å². The highest BCUT2D eigenvalue weighted by atomic mass is 32.2. The summed E-state index contributed by atoms with van der Waals surface area (Å²) in [5, 5.41) is 0.306. The Balaban J connectivity index is 2.27. The van der Waals surface area contributed by atoms with E-state index in [9.17, 15) is 8.42 Å². The van der Waals surface area contributed by atoms with Crippen molar-refractivity contribution in [1.29, 1.82) is 0 Å². The van der Waals surface area contributed by atoms with Crippen LogP contribution in [0.15, 0.2) is 23.1 Å². The number of benzene rings is 1. The summed E-state index contributed by atoms with van der Waals surface area (Å²) in [6.07, 6.45) is 0. The average Bonchev–Trinajstić information content (AvgIpc) is 2.47. The van der Waals surface area contributed by atoms with Crippen molar-refractivity contribution in [3.63, 3.8) is 0 Å². The van der Waals surface area contributed by atoms with Gasteiger partial charge in [-0.15, -0.1) is 0 Å². The number of methoxy groups -OCH3 is 1. The fourth-order valence-electron chi connectivity index (χ4n) is 2.27. The van der Waals surface area contributed by atoms with Crippen molar-refractivity contribution >= 4 is 27.4 Å². The van der Waals surface area contributed by atoms with Gasteiger partial charge < -0.3 is 15.4 Å². The van der Waals surface area contributed by atoms with Crippen LogP contribution < -0.4 is 10.5 Å². The molecule has 2 rings (SSSR count). The van der Waals surface area contributed by atoms with Crippen LogP contribution in [0.1, 0.15) is 5.56 Å². The van der Waals surface area contributed by atoms with E-state index in [1.54, 1.807) is 17.0 Å². The van der Waals surface area contributed by atoms with Gasteiger partial charge >= 0.3 is 0 Å². The monoisotopic (exact) mass is 329 g/mol. The molecule has 1 aliphatic rings. The van der Waals surface area contributed by atoms with Gasteiger partial charge in [-0.2, -0.15) is 4.31 Å². The quantitative estimate of drug-likeness (QED) is 0.817. The summed E-state index contributed by atoms with van der Waals surface area (Å²) in [4.78, 5) is 2.00. The number of nitrogens with zero attached hydrogens (tertiary/aromatic N) is 2. The van der Waals surface area contributed by atoms with E-state index in [2.05, 4.69) is 0 Å². The Bertz CT molecular complexity index is 638. The fourth-order valence-corrected chi connectivity index (χ4v) is 4.12. The lowest BCUT2D eigenvalue weighted by atomic mass is 10.2. The average molecular weight is 329 g/mol. The molecule has 1 aliphatic heterocycles. The molecule has 1 saturated heterocycles. The van der Waals surface area contributed by atoms with E-state index in [1.165, 1.54) is 11.4 Å². The third-order valence-electron chi connectivity index (χ3n) is 3.49. The number of aryl methyl sites for hydroxylation is 1. The standard InChI is InChI=1S/C13H19N3O3S2/c1-10-3-4-11(19-2)12(9-10)21(17,18)16-7-5-15(6-8-16)13(14)20/h3-4,9H,5-8H2,1-2H3,(H2,14,20). The maximum Gasteiger partial charge on any atom is 0.246 e. The van der Waals surface area contributed by atoms with Crippen molar-refractivity contribution in [2.45, 2.75) is 11.8 Å². The maximum absolute atomic E-state index is 12.8. The van der Waals surface area contributed by atoms with Gasteiger partial charge in [0.05, 0.1) is 7.11 Å². The maximum atomic E-state index is 12.8. The molecule has 1 fully saturated rings. The topological polar surface area (TPSA) is 75.9 Å². The zero-order chi connectivity index (χ0) is 15.6. The minimum absolute atomic E-state index is 0.203. The first-order valence-corrected chi connectivity index (χ1v) is 8.40. The van der Waals surface area contributed by atoms with Gasteiger partial charge in [0.15, 0.2) is 5.11 Å². The number of nitrogens with two attached hydrogens (primary N) is 1. The van der Waals surface area contributed by atoms with Crippen LogP contribution in [0.2, 0.25) is 0 Å². The summed E-state index contributed by atoms with van der Waals surface area (Å²) in [5.74, 6) is 0.359. The van der Waals surface area contributed by atoms with E-state index >= 15 is 0 Å². The van der Waals surface area contributed by atoms with Crippen LogP contribution in [0.3, 0.4) is 0 Å². The Morgan fingerprint density at radius 3 is 2.43 bits per heavy atom. The lowest BCUT2D eigenvalue weighted by molar-refractivity contribution is 0.266. The first-order chi connectivity index (χ1) is 9.86. The Kier molecular flexibility index (Phi) is 4.70. The lowest BCUT2D eigenvalue weighted by Crippen LogP contribution is -2.51. The molecule has 0 bridgehead atoms. The summed E-state index contributed by atoms with van der Waals surface area (Å²) in [7, 11) is -2.11. The molecule has 0 unspecified atom stereocenters. The molecule has 0 radical (unpaired) electrons. The van der Waals surface area contributed by atoms with Gasteiger partial charge in [-0.05, 0) is 36.8 Å². The largest absolute Gasteiger partial charge is 0.495 e. The van der Waals surface area contributed by atoms with Crippen LogP contribution in [-0.4, -0.2) is 56.0 Å². The van der Waals surface area contributed by atoms with Crippen LogP contribution >= 0.6 is 12.2 Å². The van der Waals surface area contributed by atoms with E-state index in [-0.39, 0.29) is 4.90 Å². The number of ether oxygens (including phenoxy) is 1. The minimum atomic E-state index is -3.58. The van der Waals surface area contributed by atoms with Crippen molar-refractivity contribution in [3.8, 4) is 5.75 Å². The number of hydrogen-bond acceptors (Lipinski definition) is 4. The molecule has 0 saturated carbocycles. The van der Waals surface area contributed by atoms with Crippen LogP contribution in [0, 0.1) is 6.92 Å². The van der Waals surface area contributed by atoms with E-state index in [1.807, 2.05) is 13.0 Å². The van der Waals surface area contributed by atoms with Crippen LogP contribution in [-0.2, 0) is 10.0 Å². The second-order valence-electron chi connectivity index (χ2n) is 4.88. The highest BCUT2D eigenvalue weighted by Crippen LogP contribution is 2.28. The Morgan fingerprint density at radius 1 is 1.29 bits per heavy atom. The lowest BCUT2D eigenvalue weighted by Gasteiger charge is -2.34. The van der Waals surface area contributed by atoms with Crippen molar-refractivity contribution in [3.05, 3.63) is 23.8 Å². The molecule has 8 heteroatoms. The Hall–Kier alpha value is -1.38. The molecule has 0 spiro atoms. The van der Waals surface area contributed by atoms with E-state index in [0.29, 0.717) is 37.0 Å². The number of rotatable bonds is 3. The second-order valence-corrected chi connectivity index (χ2v) is 7.21. The molecule has 0 aromatic heterocycles. The molecular formula is C13H19N3O3S2. The van der Waals surface area contributed by atoms with Crippen LogP contribution in [0.25, 0.3) is 0 Å². The highest BCUT2D eigenvalue weighted by Gasteiger charge is 2.31. The van der Waals surface area contributed by atoms with E-state index in [0.717, 1.165) is 5.56 Å². The molecule has 1 heterocycles. The van der Waals surface area contributed by atoms with Crippen molar-refractivity contribution < 1.29 is 13.2 Å². The van der Waals surface area contributed by atoms with Crippen molar-refractivity contribution in [2.24, 2.45) is 5.73 Å². The fraction of sp³-hybridized carbons (Fsp3) is 0.462. The van der Waals surface area contributed by atoms with Gasteiger partial charge in [-0.25, -0.2) is 8.42 Å². The molecule has 0 amide bonds. The van der Waals surface area contributed by atoms with E-state index in [4.69, 9.17) is 22.7 Å². The normalized spacial score (nSPS) is 16.8. The van der Waals surface area contributed by atoms with Gasteiger partial charge in [0.1, 0.15) is 10.6 Å².